The third kappa shape index (κ3) is 7.92. The lowest BCUT2D eigenvalue weighted by Crippen LogP contribution is -2.32. The quantitative estimate of drug-likeness (QED) is 0.280. The minimum atomic E-state index is -0.660. The summed E-state index contributed by atoms with van der Waals surface area (Å²) in [6.45, 7) is 4.99. The number of rotatable bonds is 12. The van der Waals surface area contributed by atoms with E-state index < -0.39 is 6.10 Å². The lowest BCUT2D eigenvalue weighted by molar-refractivity contribution is 0.103. The van der Waals surface area contributed by atoms with Gasteiger partial charge in [0.15, 0.2) is 17.3 Å². The number of ether oxygens (including phenoxy) is 3. The van der Waals surface area contributed by atoms with Gasteiger partial charge in [0.25, 0.3) is 0 Å². The van der Waals surface area contributed by atoms with E-state index in [0.717, 1.165) is 17.7 Å². The minimum absolute atomic E-state index is 0.122. The molecule has 158 valence electrons. The summed E-state index contributed by atoms with van der Waals surface area (Å²) in [7, 11) is 3.23. The molecule has 1 atom stereocenters. The molecule has 0 spiro atoms. The standard InChI is InChI=1S/C20H29N5O4/c1-14(2)22-23-19-7-8-20(25-24-19)29-13-16(26)12-21-10-9-15-5-6-17(27-3)18(11-15)28-4/h5-8,11,16,21,26H,9-10,12-13H2,1-4H3,(H,23,24)/t16-/m0/s1. The Bertz CT molecular complexity index is 779. The molecule has 0 aliphatic carbocycles. The van der Waals surface area contributed by atoms with Crippen molar-refractivity contribution in [3.05, 3.63) is 35.9 Å². The summed E-state index contributed by atoms with van der Waals surface area (Å²) in [4.78, 5) is 0. The average Bonchev–Trinajstić information content (AvgIpc) is 2.74. The Morgan fingerprint density at radius 1 is 1.10 bits per heavy atom. The first kappa shape index (κ1) is 22.4. The van der Waals surface area contributed by atoms with Crippen molar-refractivity contribution in [2.24, 2.45) is 5.10 Å². The Kier molecular flexibility index (Phi) is 9.13. The van der Waals surface area contributed by atoms with Crippen molar-refractivity contribution in [2.45, 2.75) is 26.4 Å². The van der Waals surface area contributed by atoms with Crippen molar-refractivity contribution in [2.75, 3.05) is 39.3 Å². The van der Waals surface area contributed by atoms with Gasteiger partial charge in [-0.05, 0) is 50.6 Å². The van der Waals surface area contributed by atoms with Crippen LogP contribution in [0.15, 0.2) is 35.4 Å². The molecular formula is C20H29N5O4. The summed E-state index contributed by atoms with van der Waals surface area (Å²) < 4.78 is 16.0. The normalized spacial score (nSPS) is 11.5. The second-order valence-electron chi connectivity index (χ2n) is 6.54. The van der Waals surface area contributed by atoms with Gasteiger partial charge in [-0.25, -0.2) is 0 Å². The van der Waals surface area contributed by atoms with Gasteiger partial charge in [0, 0.05) is 18.3 Å². The zero-order valence-electron chi connectivity index (χ0n) is 17.3. The first-order valence-corrected chi connectivity index (χ1v) is 9.35. The summed E-state index contributed by atoms with van der Waals surface area (Å²) in [5, 5.41) is 25.2. The Labute approximate surface area is 171 Å². The summed E-state index contributed by atoms with van der Waals surface area (Å²) in [5.74, 6) is 2.28. The van der Waals surface area contributed by atoms with Crippen LogP contribution in [0.2, 0.25) is 0 Å². The number of hydrazone groups is 1. The summed E-state index contributed by atoms with van der Waals surface area (Å²) >= 11 is 0. The van der Waals surface area contributed by atoms with Gasteiger partial charge < -0.3 is 24.6 Å². The summed E-state index contributed by atoms with van der Waals surface area (Å²) in [6, 6.07) is 9.21. The molecular weight excluding hydrogens is 374 g/mol. The van der Waals surface area contributed by atoms with Gasteiger partial charge in [-0.15, -0.1) is 10.2 Å². The van der Waals surface area contributed by atoms with Gasteiger partial charge in [-0.3, -0.25) is 5.43 Å². The Morgan fingerprint density at radius 3 is 2.55 bits per heavy atom. The molecule has 0 saturated carbocycles. The smallest absolute Gasteiger partial charge is 0.233 e. The molecule has 2 rings (SSSR count). The molecule has 0 aliphatic rings. The molecule has 1 aromatic heterocycles. The first-order chi connectivity index (χ1) is 14.0. The highest BCUT2D eigenvalue weighted by molar-refractivity contribution is 5.79. The molecule has 29 heavy (non-hydrogen) atoms. The van der Waals surface area contributed by atoms with Crippen molar-refractivity contribution in [1.82, 2.24) is 15.5 Å². The van der Waals surface area contributed by atoms with Crippen LogP contribution in [0.25, 0.3) is 0 Å². The van der Waals surface area contributed by atoms with Crippen LogP contribution in [-0.4, -0.2) is 61.0 Å². The average molecular weight is 403 g/mol. The van der Waals surface area contributed by atoms with Crippen molar-refractivity contribution >= 4 is 11.5 Å². The van der Waals surface area contributed by atoms with E-state index in [9.17, 15) is 5.11 Å². The number of anilines is 1. The predicted molar refractivity (Wildman–Crippen MR) is 112 cm³/mol. The highest BCUT2D eigenvalue weighted by Gasteiger charge is 2.07. The first-order valence-electron chi connectivity index (χ1n) is 9.35. The molecule has 9 nitrogen and oxygen atoms in total. The number of aliphatic hydroxyl groups is 1. The van der Waals surface area contributed by atoms with E-state index in [1.54, 1.807) is 26.4 Å². The maximum Gasteiger partial charge on any atom is 0.233 e. The lowest BCUT2D eigenvalue weighted by Gasteiger charge is -2.13. The molecule has 0 radical (unpaired) electrons. The SMILES string of the molecule is COc1ccc(CCNC[C@H](O)COc2ccc(NN=C(C)C)nn2)cc1OC. The lowest BCUT2D eigenvalue weighted by atomic mass is 10.1. The molecule has 2 aromatic rings. The van der Waals surface area contributed by atoms with Gasteiger partial charge in [-0.1, -0.05) is 6.07 Å². The predicted octanol–water partition coefficient (Wildman–Crippen LogP) is 1.87. The van der Waals surface area contributed by atoms with Gasteiger partial charge >= 0.3 is 0 Å². The fourth-order valence-corrected chi connectivity index (χ4v) is 2.40. The van der Waals surface area contributed by atoms with Gasteiger partial charge in [0.05, 0.1) is 14.2 Å². The molecule has 0 saturated heterocycles. The van der Waals surface area contributed by atoms with Crippen LogP contribution in [0, 0.1) is 0 Å². The van der Waals surface area contributed by atoms with Crippen molar-refractivity contribution in [1.29, 1.82) is 0 Å². The maximum absolute atomic E-state index is 10.1. The van der Waals surface area contributed by atoms with E-state index in [1.165, 1.54) is 0 Å². The number of benzene rings is 1. The second-order valence-corrected chi connectivity index (χ2v) is 6.54. The fourth-order valence-electron chi connectivity index (χ4n) is 2.40. The van der Waals surface area contributed by atoms with E-state index in [2.05, 4.69) is 26.0 Å². The number of hydrogen-bond donors (Lipinski definition) is 3. The molecule has 0 aliphatic heterocycles. The Morgan fingerprint density at radius 2 is 1.90 bits per heavy atom. The van der Waals surface area contributed by atoms with Crippen LogP contribution < -0.4 is 25.0 Å². The van der Waals surface area contributed by atoms with Gasteiger partial charge in [0.1, 0.15) is 12.7 Å². The highest BCUT2D eigenvalue weighted by atomic mass is 16.5. The van der Waals surface area contributed by atoms with Crippen LogP contribution in [-0.2, 0) is 6.42 Å². The second kappa shape index (κ2) is 11.8. The highest BCUT2D eigenvalue weighted by Crippen LogP contribution is 2.27. The fraction of sp³-hybridized carbons (Fsp3) is 0.450. The van der Waals surface area contributed by atoms with Crippen LogP contribution in [0.5, 0.6) is 17.4 Å². The molecule has 1 heterocycles. The van der Waals surface area contributed by atoms with Crippen molar-refractivity contribution in [3.63, 3.8) is 0 Å². The zero-order valence-corrected chi connectivity index (χ0v) is 17.3. The number of nitrogens with one attached hydrogen (secondary N) is 2. The summed E-state index contributed by atoms with van der Waals surface area (Å²) in [5.41, 5.74) is 4.78. The van der Waals surface area contributed by atoms with E-state index in [4.69, 9.17) is 14.2 Å². The summed E-state index contributed by atoms with van der Waals surface area (Å²) in [6.07, 6.45) is 0.139. The van der Waals surface area contributed by atoms with E-state index in [1.807, 2.05) is 32.0 Å². The van der Waals surface area contributed by atoms with Gasteiger partial charge in [0.2, 0.25) is 5.88 Å². The Balaban J connectivity index is 1.67. The minimum Gasteiger partial charge on any atom is -0.493 e. The zero-order chi connectivity index (χ0) is 21.1. The van der Waals surface area contributed by atoms with E-state index in [0.29, 0.717) is 36.3 Å². The molecule has 0 unspecified atom stereocenters. The van der Waals surface area contributed by atoms with Crippen molar-refractivity contribution in [3.8, 4) is 17.4 Å². The van der Waals surface area contributed by atoms with Crippen molar-refractivity contribution < 1.29 is 19.3 Å². The largest absolute Gasteiger partial charge is 0.493 e. The van der Waals surface area contributed by atoms with Gasteiger partial charge in [-0.2, -0.15) is 5.10 Å². The Hall–Kier alpha value is -2.91. The number of hydrogen-bond acceptors (Lipinski definition) is 9. The van der Waals surface area contributed by atoms with Crippen LogP contribution in [0.1, 0.15) is 19.4 Å². The third-order valence-electron chi connectivity index (χ3n) is 3.88. The van der Waals surface area contributed by atoms with Crippen LogP contribution in [0.3, 0.4) is 0 Å². The maximum atomic E-state index is 10.1. The number of nitrogens with zero attached hydrogens (tertiary/aromatic N) is 3. The monoisotopic (exact) mass is 403 g/mol. The molecule has 1 aromatic carbocycles. The molecule has 0 amide bonds. The molecule has 0 bridgehead atoms. The topological polar surface area (TPSA) is 110 Å². The number of aromatic nitrogens is 2. The molecule has 3 N–H and O–H groups in total. The third-order valence-corrected chi connectivity index (χ3v) is 3.88. The molecule has 0 fully saturated rings. The number of methoxy groups -OCH3 is 2. The van der Waals surface area contributed by atoms with Crippen LogP contribution >= 0.6 is 0 Å². The molecule has 9 heteroatoms. The van der Waals surface area contributed by atoms with Crippen LogP contribution in [0.4, 0.5) is 5.82 Å². The van der Waals surface area contributed by atoms with E-state index in [-0.39, 0.29) is 6.61 Å². The van der Waals surface area contributed by atoms with E-state index >= 15 is 0 Å². The number of aliphatic hydroxyl groups excluding tert-OH is 1.